The molecule has 0 amide bonds. The monoisotopic (exact) mass is 277 g/mol. The molecular formula is C18H15NO2. The molecule has 1 N–H and O–H groups in total. The van der Waals surface area contributed by atoms with Crippen LogP contribution in [0.4, 0.5) is 0 Å². The molecule has 3 heteroatoms. The first-order chi connectivity index (χ1) is 10.1. The number of hydrogen-bond donors (Lipinski definition) is 1. The molecule has 0 saturated carbocycles. The van der Waals surface area contributed by atoms with E-state index in [9.17, 15) is 9.90 Å². The molecule has 0 fully saturated rings. The summed E-state index contributed by atoms with van der Waals surface area (Å²) in [6, 6.07) is 13.5. The number of carbonyl (C=O) groups is 1. The van der Waals surface area contributed by atoms with Crippen molar-refractivity contribution in [3.8, 4) is 11.1 Å². The van der Waals surface area contributed by atoms with Gasteiger partial charge < -0.3 is 5.11 Å². The average molecular weight is 277 g/mol. The van der Waals surface area contributed by atoms with Crippen molar-refractivity contribution in [2.45, 2.75) is 13.8 Å². The van der Waals surface area contributed by atoms with E-state index in [1.54, 1.807) is 12.3 Å². The number of para-hydroxylation sites is 1. The minimum atomic E-state index is -0.901. The fourth-order valence-corrected chi connectivity index (χ4v) is 2.69. The topological polar surface area (TPSA) is 50.2 Å². The highest BCUT2D eigenvalue weighted by molar-refractivity contribution is 5.97. The zero-order valence-electron chi connectivity index (χ0n) is 11.9. The van der Waals surface area contributed by atoms with E-state index in [4.69, 9.17) is 0 Å². The summed E-state index contributed by atoms with van der Waals surface area (Å²) in [5.41, 5.74) is 4.94. The molecule has 0 spiro atoms. The largest absolute Gasteiger partial charge is 0.478 e. The number of carboxylic acid groups (broad SMARTS) is 1. The molecule has 21 heavy (non-hydrogen) atoms. The number of hydrogen-bond acceptors (Lipinski definition) is 2. The number of aryl methyl sites for hydroxylation is 2. The van der Waals surface area contributed by atoms with Crippen LogP contribution in [0.5, 0.6) is 0 Å². The van der Waals surface area contributed by atoms with Crippen molar-refractivity contribution in [1.29, 1.82) is 0 Å². The fraction of sp³-hybridized carbons (Fsp3) is 0.111. The molecule has 1 heterocycles. The molecule has 3 aromatic rings. The summed E-state index contributed by atoms with van der Waals surface area (Å²) in [6.45, 7) is 3.82. The van der Waals surface area contributed by atoms with Crippen molar-refractivity contribution in [3.63, 3.8) is 0 Å². The van der Waals surface area contributed by atoms with Crippen molar-refractivity contribution in [3.05, 3.63) is 65.4 Å². The lowest BCUT2D eigenvalue weighted by Gasteiger charge is -2.12. The van der Waals surface area contributed by atoms with Crippen molar-refractivity contribution in [2.75, 3.05) is 0 Å². The van der Waals surface area contributed by atoms with Gasteiger partial charge in [0.05, 0.1) is 11.1 Å². The van der Waals surface area contributed by atoms with E-state index in [1.165, 1.54) is 0 Å². The number of fused-ring (bicyclic) bond motifs is 1. The number of aromatic nitrogens is 1. The van der Waals surface area contributed by atoms with E-state index in [1.807, 2.05) is 50.2 Å². The van der Waals surface area contributed by atoms with E-state index in [0.717, 1.165) is 33.2 Å². The molecule has 0 saturated heterocycles. The van der Waals surface area contributed by atoms with Crippen molar-refractivity contribution >= 4 is 16.9 Å². The molecular weight excluding hydrogens is 262 g/mol. The number of pyridine rings is 1. The highest BCUT2D eigenvalue weighted by Gasteiger charge is 2.13. The Morgan fingerprint density at radius 2 is 1.76 bits per heavy atom. The molecule has 0 atom stereocenters. The lowest BCUT2D eigenvalue weighted by atomic mass is 9.93. The van der Waals surface area contributed by atoms with Crippen LogP contribution in [-0.2, 0) is 0 Å². The second-order valence-electron chi connectivity index (χ2n) is 5.17. The van der Waals surface area contributed by atoms with Crippen LogP contribution in [0, 0.1) is 13.8 Å². The number of carboxylic acids is 1. The van der Waals surface area contributed by atoms with E-state index < -0.39 is 5.97 Å². The third kappa shape index (κ3) is 2.27. The fourth-order valence-electron chi connectivity index (χ4n) is 2.69. The van der Waals surface area contributed by atoms with Crippen LogP contribution in [0.3, 0.4) is 0 Å². The molecule has 104 valence electrons. The summed E-state index contributed by atoms with van der Waals surface area (Å²) in [5.74, 6) is -0.901. The number of nitrogens with zero attached hydrogens (tertiary/aromatic N) is 1. The highest BCUT2D eigenvalue weighted by Crippen LogP contribution is 2.31. The lowest BCUT2D eigenvalue weighted by Crippen LogP contribution is -2.01. The van der Waals surface area contributed by atoms with E-state index >= 15 is 0 Å². The first kappa shape index (κ1) is 13.3. The quantitative estimate of drug-likeness (QED) is 0.763. The van der Waals surface area contributed by atoms with Crippen LogP contribution in [0.25, 0.3) is 22.0 Å². The molecule has 0 unspecified atom stereocenters. The normalized spacial score (nSPS) is 10.8. The predicted octanol–water partition coefficient (Wildman–Crippen LogP) is 4.22. The molecule has 2 aromatic carbocycles. The molecule has 1 aromatic heterocycles. The summed E-state index contributed by atoms with van der Waals surface area (Å²) in [6.07, 6.45) is 1.76. The van der Waals surface area contributed by atoms with Gasteiger partial charge in [-0.3, -0.25) is 4.98 Å². The zero-order valence-corrected chi connectivity index (χ0v) is 11.9. The Hall–Kier alpha value is -2.68. The van der Waals surface area contributed by atoms with Crippen molar-refractivity contribution < 1.29 is 9.90 Å². The van der Waals surface area contributed by atoms with Crippen LogP contribution < -0.4 is 0 Å². The predicted molar refractivity (Wildman–Crippen MR) is 83.6 cm³/mol. The van der Waals surface area contributed by atoms with Gasteiger partial charge in [0.2, 0.25) is 0 Å². The SMILES string of the molecule is Cc1cc(C)c(-c2cccc3cccnc23)cc1C(=O)O. The van der Waals surface area contributed by atoms with Crippen LogP contribution in [0.15, 0.2) is 48.7 Å². The van der Waals surface area contributed by atoms with E-state index in [-0.39, 0.29) is 0 Å². The number of rotatable bonds is 2. The Bertz CT molecular complexity index is 848. The lowest BCUT2D eigenvalue weighted by molar-refractivity contribution is 0.0696. The standard InChI is InChI=1S/C18H15NO2/c1-11-9-12(2)16(18(20)21)10-15(11)14-7-3-5-13-6-4-8-19-17(13)14/h3-10H,1-2H3,(H,20,21). The van der Waals surface area contributed by atoms with Crippen LogP contribution in [0.1, 0.15) is 21.5 Å². The van der Waals surface area contributed by atoms with Crippen LogP contribution in [-0.4, -0.2) is 16.1 Å². The first-order valence-corrected chi connectivity index (χ1v) is 6.76. The van der Waals surface area contributed by atoms with Gasteiger partial charge in [0.15, 0.2) is 0 Å². The third-order valence-electron chi connectivity index (χ3n) is 3.72. The Morgan fingerprint density at radius 1 is 1.00 bits per heavy atom. The Morgan fingerprint density at radius 3 is 2.52 bits per heavy atom. The summed E-state index contributed by atoms with van der Waals surface area (Å²) < 4.78 is 0. The minimum absolute atomic E-state index is 0.337. The van der Waals surface area contributed by atoms with Gasteiger partial charge in [-0.1, -0.05) is 30.3 Å². The maximum Gasteiger partial charge on any atom is 0.335 e. The van der Waals surface area contributed by atoms with Gasteiger partial charge in [0, 0.05) is 17.1 Å². The van der Waals surface area contributed by atoms with Gasteiger partial charge in [0.25, 0.3) is 0 Å². The molecule has 0 aliphatic carbocycles. The second-order valence-corrected chi connectivity index (χ2v) is 5.17. The summed E-state index contributed by atoms with van der Waals surface area (Å²) in [4.78, 5) is 15.8. The Labute approximate surface area is 122 Å². The second kappa shape index (κ2) is 5.02. The Kier molecular flexibility index (Phi) is 3.18. The van der Waals surface area contributed by atoms with Gasteiger partial charge >= 0.3 is 5.97 Å². The molecule has 0 radical (unpaired) electrons. The first-order valence-electron chi connectivity index (χ1n) is 6.76. The van der Waals surface area contributed by atoms with Crippen molar-refractivity contribution in [1.82, 2.24) is 4.98 Å². The van der Waals surface area contributed by atoms with Gasteiger partial charge in [-0.05, 0) is 42.7 Å². The average Bonchev–Trinajstić information content (AvgIpc) is 2.46. The van der Waals surface area contributed by atoms with Crippen LogP contribution in [0.2, 0.25) is 0 Å². The molecule has 0 aliphatic rings. The number of benzene rings is 2. The summed E-state index contributed by atoms with van der Waals surface area (Å²) in [5, 5.41) is 10.4. The van der Waals surface area contributed by atoms with E-state index in [0.29, 0.717) is 5.56 Å². The molecule has 0 aliphatic heterocycles. The van der Waals surface area contributed by atoms with Gasteiger partial charge in [-0.25, -0.2) is 4.79 Å². The van der Waals surface area contributed by atoms with Crippen LogP contribution >= 0.6 is 0 Å². The maximum atomic E-state index is 11.4. The highest BCUT2D eigenvalue weighted by atomic mass is 16.4. The van der Waals surface area contributed by atoms with Gasteiger partial charge in [0.1, 0.15) is 0 Å². The molecule has 3 rings (SSSR count). The van der Waals surface area contributed by atoms with E-state index in [2.05, 4.69) is 4.98 Å². The van der Waals surface area contributed by atoms with Gasteiger partial charge in [-0.2, -0.15) is 0 Å². The van der Waals surface area contributed by atoms with Gasteiger partial charge in [-0.15, -0.1) is 0 Å². The maximum absolute atomic E-state index is 11.4. The molecule has 0 bridgehead atoms. The minimum Gasteiger partial charge on any atom is -0.478 e. The Balaban J connectivity index is 2.33. The zero-order chi connectivity index (χ0) is 15.0. The summed E-state index contributed by atoms with van der Waals surface area (Å²) >= 11 is 0. The molecule has 3 nitrogen and oxygen atoms in total. The number of aromatic carboxylic acids is 1. The van der Waals surface area contributed by atoms with Crippen molar-refractivity contribution in [2.24, 2.45) is 0 Å². The third-order valence-corrected chi connectivity index (χ3v) is 3.72. The summed E-state index contributed by atoms with van der Waals surface area (Å²) in [7, 11) is 0. The smallest absolute Gasteiger partial charge is 0.335 e.